The number of aromatic nitrogens is 4. The lowest BCUT2D eigenvalue weighted by atomic mass is 9.93. The molecule has 2 heterocycles. The average molecular weight is 434 g/mol. The summed E-state index contributed by atoms with van der Waals surface area (Å²) in [7, 11) is 4.07. The Balaban J connectivity index is 1.61. The van der Waals surface area contributed by atoms with Gasteiger partial charge in [-0.25, -0.2) is 4.68 Å². The topological polar surface area (TPSA) is 93.2 Å². The predicted molar refractivity (Wildman–Crippen MR) is 124 cm³/mol. The minimum absolute atomic E-state index is 0.0582. The number of hydrogen-bond acceptors (Lipinski definition) is 6. The van der Waals surface area contributed by atoms with E-state index < -0.39 is 0 Å². The zero-order valence-electron chi connectivity index (χ0n) is 18.8. The Hall–Kier alpha value is -3.26. The van der Waals surface area contributed by atoms with Crippen molar-refractivity contribution in [1.82, 2.24) is 25.1 Å². The van der Waals surface area contributed by atoms with E-state index in [-0.39, 0.29) is 17.9 Å². The Kier molecular flexibility index (Phi) is 6.80. The molecule has 4 rings (SSSR count). The zero-order valence-corrected chi connectivity index (χ0v) is 18.8. The number of nitrogens with two attached hydrogens (primary N) is 1. The van der Waals surface area contributed by atoms with Gasteiger partial charge in [0.2, 0.25) is 5.91 Å². The van der Waals surface area contributed by atoms with Crippen LogP contribution in [0.3, 0.4) is 0 Å². The number of nitrogens with zero attached hydrogens (tertiary/aromatic N) is 6. The van der Waals surface area contributed by atoms with E-state index in [1.807, 2.05) is 37.0 Å². The van der Waals surface area contributed by atoms with Crippen LogP contribution >= 0.6 is 0 Å². The van der Waals surface area contributed by atoms with Gasteiger partial charge in [0.05, 0.1) is 6.04 Å². The van der Waals surface area contributed by atoms with E-state index in [2.05, 4.69) is 61.7 Å². The summed E-state index contributed by atoms with van der Waals surface area (Å²) in [5.74, 6) is 0.567. The molecule has 0 unspecified atom stereocenters. The molecular formula is C24H31N7O. The first-order valence-corrected chi connectivity index (χ1v) is 11.1. The first-order chi connectivity index (χ1) is 15.5. The second-order valence-electron chi connectivity index (χ2n) is 8.60. The molecule has 8 nitrogen and oxygen atoms in total. The van der Waals surface area contributed by atoms with Crippen molar-refractivity contribution in [2.45, 2.75) is 31.8 Å². The summed E-state index contributed by atoms with van der Waals surface area (Å²) >= 11 is 0. The number of primary amides is 1. The van der Waals surface area contributed by atoms with Crippen LogP contribution in [-0.4, -0.2) is 58.2 Å². The summed E-state index contributed by atoms with van der Waals surface area (Å²) < 4.78 is 1.91. The number of benzene rings is 2. The van der Waals surface area contributed by atoms with Gasteiger partial charge in [-0.1, -0.05) is 42.5 Å². The third-order valence-electron chi connectivity index (χ3n) is 6.28. The molecule has 1 aromatic heterocycles. The molecule has 32 heavy (non-hydrogen) atoms. The lowest BCUT2D eigenvalue weighted by Gasteiger charge is -2.36. The monoisotopic (exact) mass is 433 g/mol. The van der Waals surface area contributed by atoms with Gasteiger partial charge in [-0.05, 0) is 66.0 Å². The quantitative estimate of drug-likeness (QED) is 0.586. The number of tetrazole rings is 1. The van der Waals surface area contributed by atoms with Gasteiger partial charge in [0.25, 0.3) is 0 Å². The van der Waals surface area contributed by atoms with Gasteiger partial charge < -0.3 is 10.6 Å². The van der Waals surface area contributed by atoms with E-state index in [1.54, 1.807) is 0 Å². The fraction of sp³-hybridized carbons (Fsp3) is 0.417. The van der Waals surface area contributed by atoms with E-state index in [0.29, 0.717) is 6.54 Å². The zero-order chi connectivity index (χ0) is 22.5. The van der Waals surface area contributed by atoms with Crippen LogP contribution in [0.4, 0.5) is 5.69 Å². The number of rotatable bonds is 8. The number of hydrogen-bond donors (Lipinski definition) is 1. The molecule has 0 radical (unpaired) electrons. The largest absolute Gasteiger partial charge is 0.378 e. The van der Waals surface area contributed by atoms with Crippen LogP contribution in [0.1, 0.15) is 35.8 Å². The number of carbonyl (C=O) groups excluding carboxylic acids is 1. The summed E-state index contributed by atoms with van der Waals surface area (Å²) in [4.78, 5) is 16.1. The summed E-state index contributed by atoms with van der Waals surface area (Å²) in [6.07, 6.45) is 2.37. The van der Waals surface area contributed by atoms with Crippen molar-refractivity contribution in [3.8, 4) is 0 Å². The molecular weight excluding hydrogens is 402 g/mol. The highest BCUT2D eigenvalue weighted by Crippen LogP contribution is 2.32. The normalized spacial score (nSPS) is 16.1. The van der Waals surface area contributed by atoms with E-state index in [0.717, 1.165) is 49.4 Å². The van der Waals surface area contributed by atoms with Crippen LogP contribution in [-0.2, 0) is 17.8 Å². The van der Waals surface area contributed by atoms with E-state index in [4.69, 9.17) is 5.73 Å². The predicted octanol–water partition coefficient (Wildman–Crippen LogP) is 2.27. The van der Waals surface area contributed by atoms with Gasteiger partial charge in [0.15, 0.2) is 5.82 Å². The summed E-state index contributed by atoms with van der Waals surface area (Å²) in [6.45, 7) is 2.26. The van der Waals surface area contributed by atoms with Gasteiger partial charge in [-0.2, -0.15) is 0 Å². The molecule has 0 spiro atoms. The van der Waals surface area contributed by atoms with Crippen molar-refractivity contribution in [3.05, 3.63) is 71.5 Å². The highest BCUT2D eigenvalue weighted by Gasteiger charge is 2.32. The molecule has 1 aliphatic heterocycles. The molecule has 1 saturated heterocycles. The van der Waals surface area contributed by atoms with Crippen LogP contribution in [0, 0.1) is 5.92 Å². The highest BCUT2D eigenvalue weighted by atomic mass is 16.1. The van der Waals surface area contributed by atoms with Gasteiger partial charge in [0.1, 0.15) is 0 Å². The first kappa shape index (κ1) is 22.0. The van der Waals surface area contributed by atoms with Gasteiger partial charge in [-0.15, -0.1) is 5.10 Å². The molecule has 0 aliphatic carbocycles. The van der Waals surface area contributed by atoms with Crippen LogP contribution in [0.25, 0.3) is 0 Å². The number of carbonyl (C=O) groups is 1. The maximum Gasteiger partial charge on any atom is 0.220 e. The number of amides is 1. The maximum atomic E-state index is 11.7. The molecule has 2 N–H and O–H groups in total. The number of anilines is 1. The SMILES string of the molecule is CN(C)c1ccc([C@@H](c2nnnn2CCc2ccccc2)N2CCC(C(N)=O)CC2)cc1. The fourth-order valence-corrected chi connectivity index (χ4v) is 4.37. The molecule has 1 atom stereocenters. The fourth-order valence-electron chi connectivity index (χ4n) is 4.37. The van der Waals surface area contributed by atoms with Crippen LogP contribution < -0.4 is 10.6 Å². The molecule has 1 amide bonds. The maximum absolute atomic E-state index is 11.7. The molecule has 1 aliphatic rings. The average Bonchev–Trinajstić information content (AvgIpc) is 3.27. The van der Waals surface area contributed by atoms with E-state index in [1.165, 1.54) is 5.56 Å². The standard InChI is InChI=1S/C24H31N7O/c1-29(2)21-10-8-19(9-11-21)22(30-15-13-20(14-16-30)23(25)32)24-26-27-28-31(24)17-12-18-6-4-3-5-7-18/h3-11,20,22H,12-17H2,1-2H3,(H2,25,32)/t22-/m0/s1. The van der Waals surface area contributed by atoms with E-state index in [9.17, 15) is 4.79 Å². The summed E-state index contributed by atoms with van der Waals surface area (Å²) in [5.41, 5.74) is 9.10. The molecule has 2 aromatic carbocycles. The van der Waals surface area contributed by atoms with Gasteiger partial charge >= 0.3 is 0 Å². The first-order valence-electron chi connectivity index (χ1n) is 11.1. The van der Waals surface area contributed by atoms with Crippen LogP contribution in [0.15, 0.2) is 54.6 Å². The summed E-state index contributed by atoms with van der Waals surface area (Å²) in [5, 5.41) is 12.8. The Labute approximate surface area is 189 Å². The minimum Gasteiger partial charge on any atom is -0.378 e. The van der Waals surface area contributed by atoms with Gasteiger partial charge in [-0.3, -0.25) is 9.69 Å². The van der Waals surface area contributed by atoms with Crippen molar-refractivity contribution < 1.29 is 4.79 Å². The lowest BCUT2D eigenvalue weighted by Crippen LogP contribution is -2.41. The Morgan fingerprint density at radius 2 is 1.78 bits per heavy atom. The third kappa shape index (κ3) is 4.96. The smallest absolute Gasteiger partial charge is 0.220 e. The second kappa shape index (κ2) is 9.91. The minimum atomic E-state index is -0.204. The molecule has 168 valence electrons. The van der Waals surface area contributed by atoms with Crippen molar-refractivity contribution in [2.75, 3.05) is 32.1 Å². The number of likely N-dealkylation sites (tertiary alicyclic amines) is 1. The van der Waals surface area contributed by atoms with Crippen LogP contribution in [0.2, 0.25) is 0 Å². The highest BCUT2D eigenvalue weighted by molar-refractivity contribution is 5.76. The van der Waals surface area contributed by atoms with Crippen molar-refractivity contribution in [1.29, 1.82) is 0 Å². The third-order valence-corrected chi connectivity index (χ3v) is 6.28. The van der Waals surface area contributed by atoms with Crippen LogP contribution in [0.5, 0.6) is 0 Å². The van der Waals surface area contributed by atoms with Crippen molar-refractivity contribution >= 4 is 11.6 Å². The molecule has 8 heteroatoms. The number of piperidine rings is 1. The Bertz CT molecular complexity index is 1010. The second-order valence-corrected chi connectivity index (χ2v) is 8.60. The van der Waals surface area contributed by atoms with Gasteiger partial charge in [0, 0.05) is 32.2 Å². The molecule has 3 aromatic rings. The molecule has 0 saturated carbocycles. The molecule has 0 bridgehead atoms. The Morgan fingerprint density at radius 3 is 2.41 bits per heavy atom. The van der Waals surface area contributed by atoms with Crippen molar-refractivity contribution in [3.63, 3.8) is 0 Å². The number of aryl methyl sites for hydroxylation is 2. The lowest BCUT2D eigenvalue weighted by molar-refractivity contribution is -0.123. The Morgan fingerprint density at radius 1 is 1.09 bits per heavy atom. The molecule has 1 fully saturated rings. The van der Waals surface area contributed by atoms with E-state index >= 15 is 0 Å². The summed E-state index contributed by atoms with van der Waals surface area (Å²) in [6, 6.07) is 18.8. The van der Waals surface area contributed by atoms with Crippen molar-refractivity contribution in [2.24, 2.45) is 11.7 Å².